The average Bonchev–Trinajstić information content (AvgIpc) is 3.04. The van der Waals surface area contributed by atoms with E-state index in [1.165, 1.54) is 61.3 Å². The van der Waals surface area contributed by atoms with E-state index in [0.29, 0.717) is 11.3 Å². The van der Waals surface area contributed by atoms with Gasteiger partial charge in [0.05, 0.1) is 5.71 Å². The molecule has 0 bridgehead atoms. The summed E-state index contributed by atoms with van der Waals surface area (Å²) >= 11 is 0. The van der Waals surface area contributed by atoms with Crippen molar-refractivity contribution in [1.29, 1.82) is 0 Å². The zero-order valence-electron chi connectivity index (χ0n) is 18.6. The Kier molecular flexibility index (Phi) is 4.70. The molecule has 3 heteroatoms. The molecule has 2 aromatic rings. The zero-order valence-corrected chi connectivity index (χ0v) is 18.6. The van der Waals surface area contributed by atoms with E-state index >= 15 is 0 Å². The molecule has 6 atom stereocenters. The lowest BCUT2D eigenvalue weighted by Crippen LogP contribution is -2.36. The predicted octanol–water partition coefficient (Wildman–Crippen LogP) is 7.11. The topological polar surface area (TPSA) is 45.5 Å². The highest BCUT2D eigenvalue weighted by Gasteiger charge is 2.52. The van der Waals surface area contributed by atoms with Crippen molar-refractivity contribution < 1.29 is 5.21 Å². The molecule has 3 saturated carbocycles. The minimum absolute atomic E-state index is 0.372. The molecule has 1 aromatic carbocycles. The van der Waals surface area contributed by atoms with Crippen LogP contribution in [-0.4, -0.2) is 15.9 Å². The van der Waals surface area contributed by atoms with Gasteiger partial charge in [-0.05, 0) is 116 Å². The van der Waals surface area contributed by atoms with Gasteiger partial charge in [-0.25, -0.2) is 0 Å². The average molecular weight is 415 g/mol. The van der Waals surface area contributed by atoms with E-state index in [4.69, 9.17) is 0 Å². The maximum absolute atomic E-state index is 9.29. The molecule has 0 radical (unpaired) electrons. The summed E-state index contributed by atoms with van der Waals surface area (Å²) in [4.78, 5) is 4.36. The molecule has 1 heterocycles. The van der Waals surface area contributed by atoms with Gasteiger partial charge in [-0.2, -0.15) is 0 Å². The van der Waals surface area contributed by atoms with E-state index in [0.717, 1.165) is 42.2 Å². The number of fused-ring (bicyclic) bond motifs is 5. The van der Waals surface area contributed by atoms with Crippen LogP contribution in [0.3, 0.4) is 0 Å². The zero-order chi connectivity index (χ0) is 21.0. The molecule has 31 heavy (non-hydrogen) atoms. The number of aromatic nitrogens is 1. The molecule has 0 spiro atoms. The summed E-state index contributed by atoms with van der Waals surface area (Å²) in [5, 5.41) is 15.4. The lowest BCUT2D eigenvalue weighted by Gasteiger charge is -2.45. The Hall–Kier alpha value is -2.16. The minimum Gasteiger partial charge on any atom is -0.411 e. The summed E-state index contributed by atoms with van der Waals surface area (Å²) in [6, 6.07) is 9.21. The van der Waals surface area contributed by atoms with Crippen molar-refractivity contribution in [2.75, 3.05) is 0 Å². The Bertz CT molecular complexity index is 1060. The summed E-state index contributed by atoms with van der Waals surface area (Å²) in [6.07, 6.45) is 17.7. The summed E-state index contributed by atoms with van der Waals surface area (Å²) in [5.41, 5.74) is 4.71. The van der Waals surface area contributed by atoms with E-state index in [2.05, 4.69) is 47.4 Å². The van der Waals surface area contributed by atoms with Crippen molar-refractivity contribution in [3.8, 4) is 0 Å². The van der Waals surface area contributed by atoms with Gasteiger partial charge in [0.2, 0.25) is 0 Å². The lowest BCUT2D eigenvalue weighted by molar-refractivity contribution is 0.135. The van der Waals surface area contributed by atoms with Gasteiger partial charge in [0, 0.05) is 17.8 Å². The number of hydrogen-bond donors (Lipinski definition) is 1. The van der Waals surface area contributed by atoms with Crippen molar-refractivity contribution in [3.63, 3.8) is 0 Å². The first-order chi connectivity index (χ1) is 15.2. The molecular weight excluding hydrogens is 380 g/mol. The van der Waals surface area contributed by atoms with Gasteiger partial charge >= 0.3 is 0 Å². The Labute approximate surface area is 185 Å². The predicted molar refractivity (Wildman–Crippen MR) is 125 cm³/mol. The maximum Gasteiger partial charge on any atom is 0.0573 e. The van der Waals surface area contributed by atoms with Crippen molar-refractivity contribution in [2.24, 2.45) is 34.2 Å². The number of pyridine rings is 1. The number of rotatable bonds is 1. The highest BCUT2D eigenvalue weighted by Crippen LogP contribution is 2.63. The van der Waals surface area contributed by atoms with E-state index in [1.807, 2.05) is 12.4 Å². The second kappa shape index (κ2) is 7.46. The van der Waals surface area contributed by atoms with Gasteiger partial charge in [0.1, 0.15) is 0 Å². The van der Waals surface area contributed by atoms with Crippen LogP contribution in [0.1, 0.15) is 76.2 Å². The fourth-order valence-electron chi connectivity index (χ4n) is 8.02. The molecule has 0 saturated heterocycles. The Balaban J connectivity index is 1.29. The fraction of sp³-hybridized carbons (Fsp3) is 0.571. The summed E-state index contributed by atoms with van der Waals surface area (Å²) < 4.78 is 0. The molecule has 1 aromatic heterocycles. The molecule has 162 valence electrons. The third kappa shape index (κ3) is 3.15. The quantitative estimate of drug-likeness (QED) is 0.307. The largest absolute Gasteiger partial charge is 0.411 e. The van der Waals surface area contributed by atoms with Crippen LogP contribution >= 0.6 is 0 Å². The van der Waals surface area contributed by atoms with Crippen LogP contribution in [0, 0.1) is 29.1 Å². The molecule has 0 amide bonds. The second-order valence-electron chi connectivity index (χ2n) is 11.0. The molecule has 6 unspecified atom stereocenters. The fourth-order valence-corrected chi connectivity index (χ4v) is 8.02. The van der Waals surface area contributed by atoms with Crippen LogP contribution in [0.25, 0.3) is 10.8 Å². The smallest absolute Gasteiger partial charge is 0.0573 e. The van der Waals surface area contributed by atoms with Crippen LogP contribution < -0.4 is 0 Å². The summed E-state index contributed by atoms with van der Waals surface area (Å²) in [7, 11) is 0. The first kappa shape index (κ1) is 19.5. The number of oxime groups is 1. The van der Waals surface area contributed by atoms with E-state index in [1.54, 1.807) is 5.57 Å². The van der Waals surface area contributed by atoms with Crippen LogP contribution in [-0.2, 0) is 0 Å². The molecule has 6 rings (SSSR count). The summed E-state index contributed by atoms with van der Waals surface area (Å²) in [5.74, 6) is 3.76. The minimum atomic E-state index is 0.372. The van der Waals surface area contributed by atoms with Gasteiger partial charge in [-0.1, -0.05) is 35.9 Å². The van der Waals surface area contributed by atoms with E-state index in [9.17, 15) is 5.21 Å². The van der Waals surface area contributed by atoms with Gasteiger partial charge in [-0.15, -0.1) is 0 Å². The highest BCUT2D eigenvalue weighted by atomic mass is 16.4. The summed E-state index contributed by atoms with van der Waals surface area (Å²) in [6.45, 7) is 2.59. The van der Waals surface area contributed by atoms with Crippen molar-refractivity contribution in [3.05, 3.63) is 53.9 Å². The normalized spacial score (nSPS) is 38.8. The first-order valence-electron chi connectivity index (χ1n) is 12.4. The molecule has 3 nitrogen and oxygen atoms in total. The second-order valence-corrected chi connectivity index (χ2v) is 11.0. The molecule has 0 aliphatic heterocycles. The third-order valence-corrected chi connectivity index (χ3v) is 9.70. The van der Waals surface area contributed by atoms with Gasteiger partial charge in [-0.3, -0.25) is 4.98 Å². The monoisotopic (exact) mass is 414 g/mol. The van der Waals surface area contributed by atoms with Gasteiger partial charge < -0.3 is 5.21 Å². The highest BCUT2D eigenvalue weighted by molar-refractivity contribution is 5.85. The third-order valence-electron chi connectivity index (χ3n) is 9.70. The van der Waals surface area contributed by atoms with Crippen LogP contribution in [0.15, 0.2) is 53.5 Å². The molecule has 4 aliphatic rings. The Morgan fingerprint density at radius 3 is 2.81 bits per heavy atom. The Morgan fingerprint density at radius 2 is 1.90 bits per heavy atom. The van der Waals surface area contributed by atoms with Crippen molar-refractivity contribution in [1.82, 2.24) is 4.98 Å². The molecule has 1 N–H and O–H groups in total. The van der Waals surface area contributed by atoms with Crippen LogP contribution in [0.2, 0.25) is 0 Å². The molecular formula is C28H34N2O. The van der Waals surface area contributed by atoms with Crippen LogP contribution in [0.5, 0.6) is 0 Å². The number of allylic oxidation sites excluding steroid dienone is 2. The maximum atomic E-state index is 9.29. The number of hydrogen-bond acceptors (Lipinski definition) is 3. The first-order valence-corrected chi connectivity index (χ1v) is 12.4. The van der Waals surface area contributed by atoms with Crippen molar-refractivity contribution >= 4 is 16.5 Å². The lowest BCUT2D eigenvalue weighted by atomic mass is 9.59. The molecule has 3 fully saturated rings. The van der Waals surface area contributed by atoms with Gasteiger partial charge in [0.15, 0.2) is 0 Å². The SMILES string of the molecule is CC12CC=C3CC4CC/C(=N/O)CC4CCC3C1CCC2c1ccc2ccncc2c1. The van der Waals surface area contributed by atoms with Gasteiger partial charge in [0.25, 0.3) is 0 Å². The molecule has 4 aliphatic carbocycles. The van der Waals surface area contributed by atoms with E-state index < -0.39 is 0 Å². The standard InChI is InChI=1S/C28H34N2O/c1-28-12-10-21-14-19-4-6-24(30-31)16-20(19)5-7-25(21)27(28)9-8-26(28)22-3-2-18-11-13-29-17-23(18)15-22/h2-3,10-11,13,15,17,19-20,25-27,31H,4-9,12,14,16H2,1H3/b30-24-. The van der Waals surface area contributed by atoms with Crippen molar-refractivity contribution in [2.45, 2.75) is 70.6 Å². The number of benzene rings is 1. The van der Waals surface area contributed by atoms with Crippen LogP contribution in [0.4, 0.5) is 0 Å². The Morgan fingerprint density at radius 1 is 1.00 bits per heavy atom. The van der Waals surface area contributed by atoms with E-state index in [-0.39, 0.29) is 0 Å². The number of nitrogens with zero attached hydrogens (tertiary/aromatic N) is 2.